The summed E-state index contributed by atoms with van der Waals surface area (Å²) in [5, 5.41) is 0. The Hall–Kier alpha value is -0.770. The molecule has 4 heteroatoms. The average molecular weight is 264 g/mol. The molecule has 0 aromatic heterocycles. The van der Waals surface area contributed by atoms with Crippen molar-refractivity contribution in [3.05, 3.63) is 0 Å². The maximum atomic E-state index is 11.4. The first-order chi connectivity index (χ1) is 9.22. The number of carbonyl (C=O) groups excluding carboxylic acids is 1. The summed E-state index contributed by atoms with van der Waals surface area (Å²) in [5.74, 6) is 1.40. The third-order valence-electron chi connectivity index (χ3n) is 6.46. The fourth-order valence-electron chi connectivity index (χ4n) is 6.14. The topological polar surface area (TPSA) is 44.8 Å². The third kappa shape index (κ3) is 1.14. The van der Waals surface area contributed by atoms with Crippen molar-refractivity contribution < 1.29 is 19.0 Å². The summed E-state index contributed by atoms with van der Waals surface area (Å²) in [6, 6.07) is 0. The third-order valence-corrected chi connectivity index (χ3v) is 6.46. The van der Waals surface area contributed by atoms with Gasteiger partial charge in [0.1, 0.15) is 0 Å². The summed E-state index contributed by atoms with van der Waals surface area (Å²) in [5.41, 5.74) is -0.0356. The van der Waals surface area contributed by atoms with E-state index in [9.17, 15) is 4.79 Å². The van der Waals surface area contributed by atoms with Gasteiger partial charge in [0.15, 0.2) is 0 Å². The zero-order valence-corrected chi connectivity index (χ0v) is 11.1. The molecule has 6 rings (SSSR count). The predicted octanol–water partition coefficient (Wildman–Crippen LogP) is 2.85. The Morgan fingerprint density at radius 2 is 1.79 bits per heavy atom. The lowest BCUT2D eigenvalue weighted by molar-refractivity contribution is -0.410. The molecular weight excluding hydrogens is 244 g/mol. The van der Waals surface area contributed by atoms with Gasteiger partial charge in [-0.05, 0) is 56.8 Å². The van der Waals surface area contributed by atoms with Gasteiger partial charge < -0.3 is 14.2 Å². The highest BCUT2D eigenvalue weighted by atomic mass is 16.9. The molecule has 0 radical (unpaired) electrons. The van der Waals surface area contributed by atoms with Crippen molar-refractivity contribution in [2.75, 3.05) is 6.61 Å². The Morgan fingerprint density at radius 1 is 1.05 bits per heavy atom. The molecular formula is C15H20O4. The van der Waals surface area contributed by atoms with Crippen molar-refractivity contribution in [3.8, 4) is 0 Å². The van der Waals surface area contributed by atoms with E-state index in [-0.39, 0.29) is 11.5 Å². The molecule has 3 atom stereocenters. The van der Waals surface area contributed by atoms with Crippen molar-refractivity contribution in [2.45, 2.75) is 56.8 Å². The SMILES string of the molecule is O=C1OC2(O1)C1CC3CC(C1)CC2(C1CCCO1)C3. The molecule has 0 aromatic rings. The van der Waals surface area contributed by atoms with Crippen LogP contribution in [-0.2, 0) is 14.2 Å². The number of rotatable bonds is 1. The second-order valence-electron chi connectivity index (χ2n) is 7.32. The Kier molecular flexibility index (Phi) is 1.89. The molecule has 3 unspecified atom stereocenters. The van der Waals surface area contributed by atoms with Gasteiger partial charge >= 0.3 is 6.16 Å². The molecule has 4 saturated carbocycles. The minimum absolute atomic E-state index is 0.0356. The average Bonchev–Trinajstić information content (AvgIpc) is 2.85. The molecule has 104 valence electrons. The minimum Gasteiger partial charge on any atom is -0.390 e. The van der Waals surface area contributed by atoms with Crippen LogP contribution < -0.4 is 0 Å². The molecule has 0 N–H and O–H groups in total. The fourth-order valence-corrected chi connectivity index (χ4v) is 6.14. The van der Waals surface area contributed by atoms with Crippen LogP contribution >= 0.6 is 0 Å². The van der Waals surface area contributed by atoms with Crippen LogP contribution in [0.3, 0.4) is 0 Å². The molecule has 2 saturated heterocycles. The minimum atomic E-state index is -0.619. The van der Waals surface area contributed by atoms with Crippen molar-refractivity contribution in [3.63, 3.8) is 0 Å². The van der Waals surface area contributed by atoms with E-state index >= 15 is 0 Å². The van der Waals surface area contributed by atoms with Crippen molar-refractivity contribution in [2.24, 2.45) is 23.2 Å². The van der Waals surface area contributed by atoms with Crippen LogP contribution in [0.2, 0.25) is 0 Å². The monoisotopic (exact) mass is 264 g/mol. The van der Waals surface area contributed by atoms with Gasteiger partial charge in [-0.2, -0.15) is 0 Å². The van der Waals surface area contributed by atoms with Crippen molar-refractivity contribution in [1.29, 1.82) is 0 Å². The largest absolute Gasteiger partial charge is 0.514 e. The van der Waals surface area contributed by atoms with E-state index in [4.69, 9.17) is 14.2 Å². The van der Waals surface area contributed by atoms with Gasteiger partial charge in [-0.15, -0.1) is 0 Å². The Bertz CT molecular complexity index is 417. The molecule has 2 aliphatic heterocycles. The first kappa shape index (κ1) is 11.0. The number of hydrogen-bond donors (Lipinski definition) is 0. The molecule has 6 fully saturated rings. The normalized spacial score (nSPS) is 52.9. The summed E-state index contributed by atoms with van der Waals surface area (Å²) in [6.07, 6.45) is 8.02. The van der Waals surface area contributed by atoms with Gasteiger partial charge in [0, 0.05) is 12.5 Å². The van der Waals surface area contributed by atoms with Gasteiger partial charge in [-0.1, -0.05) is 0 Å². The van der Waals surface area contributed by atoms with Crippen LogP contribution in [0.15, 0.2) is 0 Å². The first-order valence-electron chi connectivity index (χ1n) is 7.75. The lowest BCUT2D eigenvalue weighted by atomic mass is 9.44. The number of hydrogen-bond acceptors (Lipinski definition) is 4. The van der Waals surface area contributed by atoms with E-state index in [1.165, 1.54) is 19.3 Å². The van der Waals surface area contributed by atoms with Crippen molar-refractivity contribution in [1.82, 2.24) is 0 Å². The molecule has 2 heterocycles. The highest BCUT2D eigenvalue weighted by Gasteiger charge is 2.76. The van der Waals surface area contributed by atoms with Crippen LogP contribution in [0.25, 0.3) is 0 Å². The van der Waals surface area contributed by atoms with Gasteiger partial charge in [0.25, 0.3) is 5.79 Å². The molecule has 6 aliphatic rings. The van der Waals surface area contributed by atoms with Crippen LogP contribution in [0, 0.1) is 23.2 Å². The first-order valence-corrected chi connectivity index (χ1v) is 7.75. The zero-order chi connectivity index (χ0) is 12.7. The smallest absolute Gasteiger partial charge is 0.390 e. The molecule has 4 nitrogen and oxygen atoms in total. The van der Waals surface area contributed by atoms with Crippen LogP contribution in [0.1, 0.15) is 44.9 Å². The number of ether oxygens (including phenoxy) is 3. The van der Waals surface area contributed by atoms with Gasteiger partial charge in [0.2, 0.25) is 0 Å². The molecule has 0 amide bonds. The predicted molar refractivity (Wildman–Crippen MR) is 65.3 cm³/mol. The maximum Gasteiger partial charge on any atom is 0.514 e. The zero-order valence-electron chi connectivity index (χ0n) is 11.1. The van der Waals surface area contributed by atoms with E-state index in [0.717, 1.165) is 44.1 Å². The summed E-state index contributed by atoms with van der Waals surface area (Å²) in [4.78, 5) is 11.4. The molecule has 19 heavy (non-hydrogen) atoms. The van der Waals surface area contributed by atoms with E-state index in [2.05, 4.69) is 0 Å². The number of carbonyl (C=O) groups is 1. The van der Waals surface area contributed by atoms with Crippen LogP contribution in [-0.4, -0.2) is 24.7 Å². The lowest BCUT2D eigenvalue weighted by Gasteiger charge is -2.68. The Labute approximate surface area is 112 Å². The molecule has 1 spiro atoms. The molecule has 4 bridgehead atoms. The van der Waals surface area contributed by atoms with Gasteiger partial charge in [-0.3, -0.25) is 0 Å². The van der Waals surface area contributed by atoms with Gasteiger partial charge in [-0.25, -0.2) is 4.79 Å². The van der Waals surface area contributed by atoms with E-state index in [0.29, 0.717) is 5.92 Å². The summed E-state index contributed by atoms with van der Waals surface area (Å²) >= 11 is 0. The Balaban J connectivity index is 1.61. The van der Waals surface area contributed by atoms with E-state index in [1.54, 1.807) is 0 Å². The quantitative estimate of drug-likeness (QED) is 0.683. The molecule has 4 aliphatic carbocycles. The highest BCUT2D eigenvalue weighted by Crippen LogP contribution is 2.70. The summed E-state index contributed by atoms with van der Waals surface area (Å²) < 4.78 is 17.4. The van der Waals surface area contributed by atoms with E-state index < -0.39 is 11.9 Å². The van der Waals surface area contributed by atoms with Crippen LogP contribution in [0.5, 0.6) is 0 Å². The van der Waals surface area contributed by atoms with E-state index in [1.807, 2.05) is 0 Å². The van der Waals surface area contributed by atoms with Crippen molar-refractivity contribution >= 4 is 6.16 Å². The maximum absolute atomic E-state index is 11.4. The second-order valence-corrected chi connectivity index (χ2v) is 7.32. The lowest BCUT2D eigenvalue weighted by Crippen LogP contribution is -2.75. The van der Waals surface area contributed by atoms with Crippen LogP contribution in [0.4, 0.5) is 4.79 Å². The standard InChI is InChI=1S/C15H20O4/c16-13-18-15(19-13)11-5-9-4-10(6-11)8-14(15,7-9)12-2-1-3-17-12/h9-12H,1-8H2. The summed E-state index contributed by atoms with van der Waals surface area (Å²) in [7, 11) is 0. The Morgan fingerprint density at radius 3 is 2.37 bits per heavy atom. The highest BCUT2D eigenvalue weighted by molar-refractivity contribution is 5.66. The second kappa shape index (κ2) is 3.27. The van der Waals surface area contributed by atoms with Gasteiger partial charge in [0.05, 0.1) is 11.5 Å². The fraction of sp³-hybridized carbons (Fsp3) is 0.933. The molecule has 0 aromatic carbocycles. The summed E-state index contributed by atoms with van der Waals surface area (Å²) in [6.45, 7) is 0.858.